The van der Waals surface area contributed by atoms with Gasteiger partial charge in [-0.2, -0.15) is 9.50 Å². The average molecular weight is 341 g/mol. The highest BCUT2D eigenvalue weighted by atomic mass is 32.2. The number of rotatable bonds is 3. The summed E-state index contributed by atoms with van der Waals surface area (Å²) in [6, 6.07) is 7.85. The minimum atomic E-state index is -0.463. The summed E-state index contributed by atoms with van der Waals surface area (Å²) in [5.41, 5.74) is 0.436. The van der Waals surface area contributed by atoms with Crippen LogP contribution in [0.25, 0.3) is 22.4 Å². The van der Waals surface area contributed by atoms with Crippen molar-refractivity contribution in [1.82, 2.24) is 24.1 Å². The largest absolute Gasteiger partial charge is 0.281 e. The van der Waals surface area contributed by atoms with Crippen LogP contribution in [-0.2, 0) is 0 Å². The second-order valence-electron chi connectivity index (χ2n) is 5.04. The van der Waals surface area contributed by atoms with Crippen LogP contribution in [0.5, 0.6) is 0 Å². The zero-order chi connectivity index (χ0) is 16.7. The van der Waals surface area contributed by atoms with Gasteiger partial charge in [0.2, 0.25) is 5.16 Å². The third-order valence-electron chi connectivity index (χ3n) is 3.60. The van der Waals surface area contributed by atoms with Crippen LogP contribution in [-0.4, -0.2) is 29.9 Å². The van der Waals surface area contributed by atoms with Gasteiger partial charge in [-0.05, 0) is 24.0 Å². The summed E-state index contributed by atoms with van der Waals surface area (Å²) in [6.45, 7) is 2.01. The van der Waals surface area contributed by atoms with Gasteiger partial charge in [0.25, 0.3) is 11.3 Å². The van der Waals surface area contributed by atoms with Crippen molar-refractivity contribution >= 4 is 28.4 Å². The minimum Gasteiger partial charge on any atom is -0.281 e. The number of hydrogen-bond donors (Lipinski definition) is 0. The third-order valence-corrected chi connectivity index (χ3v) is 4.32. The molecule has 0 saturated carbocycles. The molecular weight excluding hydrogens is 329 g/mol. The third kappa shape index (κ3) is 2.26. The van der Waals surface area contributed by atoms with Crippen molar-refractivity contribution in [1.29, 1.82) is 0 Å². The fourth-order valence-electron chi connectivity index (χ4n) is 2.53. The van der Waals surface area contributed by atoms with Crippen molar-refractivity contribution in [3.05, 3.63) is 58.9 Å². The zero-order valence-electron chi connectivity index (χ0n) is 12.7. The lowest BCUT2D eigenvalue weighted by Crippen LogP contribution is -2.19. The molecule has 6 nitrogen and oxygen atoms in total. The predicted octanol–water partition coefficient (Wildman–Crippen LogP) is 2.68. The van der Waals surface area contributed by atoms with E-state index < -0.39 is 5.82 Å². The Hall–Kier alpha value is -2.74. The first kappa shape index (κ1) is 14.8. The molecule has 1 aromatic carbocycles. The summed E-state index contributed by atoms with van der Waals surface area (Å²) in [5, 5.41) is 5.34. The topological polar surface area (TPSA) is 65.1 Å². The Morgan fingerprint density at radius 3 is 2.88 bits per heavy atom. The summed E-state index contributed by atoms with van der Waals surface area (Å²) >= 11 is 1.50. The van der Waals surface area contributed by atoms with Gasteiger partial charge < -0.3 is 0 Å². The second kappa shape index (κ2) is 5.72. The van der Waals surface area contributed by atoms with Crippen molar-refractivity contribution in [3.8, 4) is 5.69 Å². The van der Waals surface area contributed by atoms with E-state index in [0.717, 1.165) is 5.75 Å². The maximum Gasteiger partial charge on any atom is 0.266 e. The lowest BCUT2D eigenvalue weighted by molar-refractivity contribution is 0.616. The Labute approximate surface area is 140 Å². The highest BCUT2D eigenvalue weighted by Gasteiger charge is 2.13. The number of hydrogen-bond acceptors (Lipinski definition) is 5. The average Bonchev–Trinajstić information content (AvgIpc) is 2.99. The Balaban J connectivity index is 1.99. The first-order chi connectivity index (χ1) is 11.7. The molecule has 3 heterocycles. The minimum absolute atomic E-state index is 0.199. The van der Waals surface area contributed by atoms with Crippen LogP contribution < -0.4 is 5.56 Å². The van der Waals surface area contributed by atoms with Crippen LogP contribution >= 0.6 is 11.8 Å². The summed E-state index contributed by atoms with van der Waals surface area (Å²) in [5.74, 6) is 0.811. The van der Waals surface area contributed by atoms with Crippen LogP contribution in [0.15, 0.2) is 52.7 Å². The van der Waals surface area contributed by atoms with Gasteiger partial charge >= 0.3 is 0 Å². The van der Waals surface area contributed by atoms with Gasteiger partial charge in [0, 0.05) is 12.4 Å². The SMILES string of the molecule is CCSc1nc2ncc3c(=O)n(-c4ccccc4F)ccc3n2n1. The number of halogens is 1. The zero-order valence-corrected chi connectivity index (χ0v) is 13.5. The van der Waals surface area contributed by atoms with Crippen LogP contribution in [0.1, 0.15) is 6.92 Å². The first-order valence-electron chi connectivity index (χ1n) is 7.34. The smallest absolute Gasteiger partial charge is 0.266 e. The maximum absolute atomic E-state index is 14.0. The van der Waals surface area contributed by atoms with Crippen molar-refractivity contribution in [3.63, 3.8) is 0 Å². The molecular formula is C16H12FN5OS. The summed E-state index contributed by atoms with van der Waals surface area (Å²) in [4.78, 5) is 21.3. The van der Waals surface area contributed by atoms with Gasteiger partial charge in [0.15, 0.2) is 0 Å². The Morgan fingerprint density at radius 1 is 1.25 bits per heavy atom. The number of benzene rings is 1. The van der Waals surface area contributed by atoms with Crippen molar-refractivity contribution in [2.45, 2.75) is 12.1 Å². The highest BCUT2D eigenvalue weighted by molar-refractivity contribution is 7.99. The molecule has 0 atom stereocenters. The number of nitrogens with zero attached hydrogens (tertiary/aromatic N) is 5. The Kier molecular flexibility index (Phi) is 3.53. The van der Waals surface area contributed by atoms with Crippen LogP contribution in [0.3, 0.4) is 0 Å². The molecule has 0 radical (unpaired) electrons. The van der Waals surface area contributed by atoms with E-state index >= 15 is 0 Å². The lowest BCUT2D eigenvalue weighted by Gasteiger charge is -2.08. The molecule has 0 aliphatic heterocycles. The molecule has 0 saturated heterocycles. The van der Waals surface area contributed by atoms with Gasteiger partial charge in [-0.15, -0.1) is 5.10 Å². The molecule has 120 valence electrons. The van der Waals surface area contributed by atoms with Gasteiger partial charge in [-0.1, -0.05) is 30.8 Å². The van der Waals surface area contributed by atoms with Crippen LogP contribution in [0, 0.1) is 5.82 Å². The predicted molar refractivity (Wildman–Crippen MR) is 90.2 cm³/mol. The fourth-order valence-corrected chi connectivity index (χ4v) is 3.07. The quantitative estimate of drug-likeness (QED) is 0.536. The number of pyridine rings is 1. The molecule has 4 aromatic rings. The molecule has 4 rings (SSSR count). The Morgan fingerprint density at radius 2 is 2.08 bits per heavy atom. The Bertz CT molecular complexity index is 1120. The molecule has 0 amide bonds. The molecule has 0 spiro atoms. The van der Waals surface area contributed by atoms with Crippen LogP contribution in [0.4, 0.5) is 4.39 Å². The van der Waals surface area contributed by atoms with E-state index in [1.165, 1.54) is 34.8 Å². The first-order valence-corrected chi connectivity index (χ1v) is 8.32. The summed E-state index contributed by atoms with van der Waals surface area (Å²) in [6.07, 6.45) is 3.00. The van der Waals surface area contributed by atoms with Crippen LogP contribution in [0.2, 0.25) is 0 Å². The number of fused-ring (bicyclic) bond motifs is 3. The van der Waals surface area contributed by atoms with E-state index in [1.807, 2.05) is 6.92 Å². The molecule has 0 fully saturated rings. The second-order valence-corrected chi connectivity index (χ2v) is 6.27. The van der Waals surface area contributed by atoms with E-state index in [2.05, 4.69) is 15.1 Å². The van der Waals surface area contributed by atoms with E-state index in [1.54, 1.807) is 28.8 Å². The molecule has 0 bridgehead atoms. The summed E-state index contributed by atoms with van der Waals surface area (Å²) < 4.78 is 16.8. The number of thioether (sulfide) groups is 1. The van der Waals surface area contributed by atoms with Gasteiger partial charge in [0.05, 0.1) is 16.6 Å². The molecule has 0 aliphatic carbocycles. The molecule has 0 N–H and O–H groups in total. The van der Waals surface area contributed by atoms with Gasteiger partial charge in [0.1, 0.15) is 5.82 Å². The van der Waals surface area contributed by atoms with E-state index in [4.69, 9.17) is 0 Å². The maximum atomic E-state index is 14.0. The van der Waals surface area contributed by atoms with Gasteiger partial charge in [-0.3, -0.25) is 9.36 Å². The summed E-state index contributed by atoms with van der Waals surface area (Å²) in [7, 11) is 0. The van der Waals surface area contributed by atoms with Crippen molar-refractivity contribution < 1.29 is 4.39 Å². The fraction of sp³-hybridized carbons (Fsp3) is 0.125. The van der Waals surface area contributed by atoms with E-state index in [9.17, 15) is 9.18 Å². The lowest BCUT2D eigenvalue weighted by atomic mass is 10.2. The van der Waals surface area contributed by atoms with Crippen molar-refractivity contribution in [2.75, 3.05) is 5.75 Å². The molecule has 3 aromatic heterocycles. The van der Waals surface area contributed by atoms with Gasteiger partial charge in [-0.25, -0.2) is 9.37 Å². The van der Waals surface area contributed by atoms with E-state index in [0.29, 0.717) is 21.8 Å². The number of aromatic nitrogens is 5. The molecule has 0 aliphatic rings. The normalized spacial score (nSPS) is 11.4. The molecule has 0 unspecified atom stereocenters. The highest BCUT2D eigenvalue weighted by Crippen LogP contribution is 2.17. The van der Waals surface area contributed by atoms with Crippen molar-refractivity contribution in [2.24, 2.45) is 0 Å². The van der Waals surface area contributed by atoms with E-state index in [-0.39, 0.29) is 11.2 Å². The number of para-hydroxylation sites is 1. The molecule has 24 heavy (non-hydrogen) atoms. The standard InChI is InChI=1S/C16H12FN5OS/c1-2-24-16-19-15-18-9-10-12(22(15)20-16)7-8-21(14(10)23)13-6-4-3-5-11(13)17/h3-9H,2H2,1H3. The monoisotopic (exact) mass is 341 g/mol. The molecule has 8 heteroatoms.